The quantitative estimate of drug-likeness (QED) is 0.421. The predicted octanol–water partition coefficient (Wildman–Crippen LogP) is 3.74. The van der Waals surface area contributed by atoms with E-state index in [0.717, 1.165) is 50.5 Å². The molecule has 0 radical (unpaired) electrons. The molecule has 9 heteroatoms. The zero-order valence-electron chi connectivity index (χ0n) is 20.0. The molecule has 3 unspecified atom stereocenters. The van der Waals surface area contributed by atoms with E-state index in [1.807, 2.05) is 18.2 Å². The number of piperidine rings is 1. The number of ether oxygens (including phenoxy) is 2. The lowest BCUT2D eigenvalue weighted by Crippen LogP contribution is -2.45. The van der Waals surface area contributed by atoms with Crippen LogP contribution in [0.15, 0.2) is 24.3 Å². The Morgan fingerprint density at radius 1 is 1.37 bits per heavy atom. The first-order valence-corrected chi connectivity index (χ1v) is 13.0. The van der Waals surface area contributed by atoms with E-state index in [9.17, 15) is 14.9 Å². The van der Waals surface area contributed by atoms with Crippen LogP contribution in [-0.2, 0) is 19.9 Å². The maximum atomic E-state index is 13.0. The molecule has 1 aromatic rings. The van der Waals surface area contributed by atoms with E-state index in [4.69, 9.17) is 21.1 Å². The zero-order chi connectivity index (χ0) is 24.6. The maximum absolute atomic E-state index is 13.0. The molecule has 5 atom stereocenters. The van der Waals surface area contributed by atoms with Crippen molar-refractivity contribution in [2.45, 2.75) is 88.3 Å². The highest BCUT2D eigenvalue weighted by Crippen LogP contribution is 2.51. The molecule has 188 valence electrons. The van der Waals surface area contributed by atoms with Gasteiger partial charge in [0.05, 0.1) is 18.2 Å². The van der Waals surface area contributed by atoms with Gasteiger partial charge in [0.25, 0.3) is 0 Å². The van der Waals surface area contributed by atoms with Gasteiger partial charge in [0.2, 0.25) is 5.91 Å². The lowest BCUT2D eigenvalue weighted by Gasteiger charge is -2.24. The van der Waals surface area contributed by atoms with Crippen LogP contribution >= 0.6 is 11.6 Å². The SMILES string of the molecule is CC1(CC(NC(=O)OC2(c3cccc(Cl)c3)CC2)C2OC2N[C@H](C#N)C[C@@H]2CCCNC2=O)CC1. The third-order valence-electron chi connectivity index (χ3n) is 7.83. The summed E-state index contributed by atoms with van der Waals surface area (Å²) in [6, 6.07) is 9.02. The van der Waals surface area contributed by atoms with E-state index in [2.05, 4.69) is 28.9 Å². The van der Waals surface area contributed by atoms with Crippen molar-refractivity contribution in [3.05, 3.63) is 34.9 Å². The molecule has 35 heavy (non-hydrogen) atoms. The predicted molar refractivity (Wildman–Crippen MR) is 129 cm³/mol. The number of nitrogens with one attached hydrogen (secondary N) is 3. The first kappa shape index (κ1) is 24.4. The minimum Gasteiger partial charge on any atom is -0.438 e. The smallest absolute Gasteiger partial charge is 0.408 e. The van der Waals surface area contributed by atoms with Gasteiger partial charge in [0.1, 0.15) is 17.9 Å². The summed E-state index contributed by atoms with van der Waals surface area (Å²) in [5, 5.41) is 19.4. The summed E-state index contributed by atoms with van der Waals surface area (Å²) in [4.78, 5) is 25.0. The molecule has 2 heterocycles. The zero-order valence-corrected chi connectivity index (χ0v) is 20.8. The van der Waals surface area contributed by atoms with Crippen molar-refractivity contribution in [1.82, 2.24) is 16.0 Å². The average Bonchev–Trinajstić information content (AvgIpc) is 3.72. The van der Waals surface area contributed by atoms with Crippen molar-refractivity contribution in [1.29, 1.82) is 5.26 Å². The molecule has 5 rings (SSSR count). The van der Waals surface area contributed by atoms with E-state index < -0.39 is 17.7 Å². The van der Waals surface area contributed by atoms with Crippen molar-refractivity contribution in [3.63, 3.8) is 0 Å². The van der Waals surface area contributed by atoms with Gasteiger partial charge >= 0.3 is 6.09 Å². The summed E-state index contributed by atoms with van der Waals surface area (Å²) < 4.78 is 11.8. The Labute approximate surface area is 211 Å². The molecule has 2 aliphatic carbocycles. The normalized spacial score (nSPS) is 29.2. The van der Waals surface area contributed by atoms with Gasteiger partial charge < -0.3 is 20.1 Å². The first-order valence-electron chi connectivity index (χ1n) is 12.6. The number of hydrogen-bond acceptors (Lipinski definition) is 6. The molecule has 4 fully saturated rings. The molecule has 0 bridgehead atoms. The lowest BCUT2D eigenvalue weighted by molar-refractivity contribution is -0.126. The molecule has 1 aromatic carbocycles. The van der Waals surface area contributed by atoms with Crippen LogP contribution in [0.1, 0.15) is 63.9 Å². The minimum atomic E-state index is -0.614. The van der Waals surface area contributed by atoms with Gasteiger partial charge in [-0.1, -0.05) is 30.7 Å². The monoisotopic (exact) mass is 500 g/mol. The van der Waals surface area contributed by atoms with Gasteiger partial charge in [-0.2, -0.15) is 5.26 Å². The van der Waals surface area contributed by atoms with Crippen LogP contribution in [0.3, 0.4) is 0 Å². The molecule has 8 nitrogen and oxygen atoms in total. The van der Waals surface area contributed by atoms with Crippen molar-refractivity contribution in [3.8, 4) is 6.07 Å². The maximum Gasteiger partial charge on any atom is 0.408 e. The Balaban J connectivity index is 1.18. The highest BCUT2D eigenvalue weighted by atomic mass is 35.5. The number of epoxide rings is 1. The Kier molecular flexibility index (Phi) is 6.69. The summed E-state index contributed by atoms with van der Waals surface area (Å²) >= 11 is 6.14. The summed E-state index contributed by atoms with van der Waals surface area (Å²) in [6.07, 6.45) is 5.72. The second-order valence-corrected chi connectivity index (χ2v) is 11.3. The fourth-order valence-corrected chi connectivity index (χ4v) is 5.35. The number of nitrogens with zero attached hydrogens (tertiary/aromatic N) is 1. The highest BCUT2D eigenvalue weighted by molar-refractivity contribution is 6.30. The average molecular weight is 501 g/mol. The number of benzene rings is 1. The second kappa shape index (κ2) is 9.61. The van der Waals surface area contributed by atoms with Gasteiger partial charge in [0.15, 0.2) is 0 Å². The fourth-order valence-electron chi connectivity index (χ4n) is 5.16. The number of alkyl carbamates (subject to hydrolysis) is 1. The Bertz CT molecular complexity index is 1020. The Hall–Kier alpha value is -2.34. The van der Waals surface area contributed by atoms with Gasteiger partial charge in [-0.25, -0.2) is 4.79 Å². The lowest BCUT2D eigenvalue weighted by atomic mass is 9.92. The van der Waals surface area contributed by atoms with Crippen LogP contribution in [0.25, 0.3) is 0 Å². The van der Waals surface area contributed by atoms with E-state index in [-0.39, 0.29) is 35.6 Å². The van der Waals surface area contributed by atoms with Crippen molar-refractivity contribution >= 4 is 23.6 Å². The number of amides is 2. The Morgan fingerprint density at radius 2 is 2.17 bits per heavy atom. The van der Waals surface area contributed by atoms with Gasteiger partial charge in [-0.15, -0.1) is 0 Å². The fraction of sp³-hybridized carbons (Fsp3) is 0.654. The summed E-state index contributed by atoms with van der Waals surface area (Å²) in [5.41, 5.74) is 0.488. The standard InChI is InChI=1S/C26H33ClN4O4/c1-25(7-8-25)14-20(31-24(33)35-26(9-10-26)17-5-2-6-18(27)13-17)21-23(34-21)30-19(15-28)12-16-4-3-11-29-22(16)32/h2,5-6,13,16,19-21,23,30H,3-4,7-12,14H2,1H3,(H,29,32)(H,31,33)/t16-,19-,20?,21?,23?/m0/s1. The molecule has 0 spiro atoms. The van der Waals surface area contributed by atoms with Crippen molar-refractivity contribution in [2.75, 3.05) is 6.54 Å². The van der Waals surface area contributed by atoms with Crippen LogP contribution in [0.5, 0.6) is 0 Å². The number of hydrogen-bond donors (Lipinski definition) is 3. The molecule has 2 saturated heterocycles. The van der Waals surface area contributed by atoms with E-state index in [0.29, 0.717) is 18.0 Å². The molecule has 2 aliphatic heterocycles. The van der Waals surface area contributed by atoms with Gasteiger partial charge in [-0.05, 0) is 74.5 Å². The number of nitriles is 1. The van der Waals surface area contributed by atoms with Crippen LogP contribution in [0, 0.1) is 22.7 Å². The second-order valence-electron chi connectivity index (χ2n) is 10.9. The van der Waals surface area contributed by atoms with Gasteiger partial charge in [-0.3, -0.25) is 10.1 Å². The van der Waals surface area contributed by atoms with Gasteiger partial charge in [0, 0.05) is 17.5 Å². The number of carbonyl (C=O) groups is 2. The third-order valence-corrected chi connectivity index (χ3v) is 8.06. The molecule has 4 aliphatic rings. The molecule has 3 N–H and O–H groups in total. The third kappa shape index (κ3) is 5.91. The van der Waals surface area contributed by atoms with E-state index in [1.54, 1.807) is 6.07 Å². The molecular weight excluding hydrogens is 468 g/mol. The Morgan fingerprint density at radius 3 is 2.83 bits per heavy atom. The number of carbonyl (C=O) groups excluding carboxylic acids is 2. The molecular formula is C26H33ClN4O4. The minimum absolute atomic E-state index is 0.0178. The summed E-state index contributed by atoms with van der Waals surface area (Å²) in [7, 11) is 0. The first-order chi connectivity index (χ1) is 16.8. The van der Waals surface area contributed by atoms with Crippen molar-refractivity contribution < 1.29 is 19.1 Å². The largest absolute Gasteiger partial charge is 0.438 e. The topological polar surface area (TPSA) is 116 Å². The van der Waals surface area contributed by atoms with Crippen molar-refractivity contribution in [2.24, 2.45) is 11.3 Å². The summed E-state index contributed by atoms with van der Waals surface area (Å²) in [6.45, 7) is 2.92. The number of rotatable bonds is 10. The van der Waals surface area contributed by atoms with Crippen LogP contribution in [-0.4, -0.2) is 43.0 Å². The highest BCUT2D eigenvalue weighted by Gasteiger charge is 2.53. The number of halogens is 1. The molecule has 2 saturated carbocycles. The van der Waals surface area contributed by atoms with E-state index >= 15 is 0 Å². The van der Waals surface area contributed by atoms with Crippen LogP contribution in [0.2, 0.25) is 5.02 Å². The molecule has 0 aromatic heterocycles. The molecule has 2 amide bonds. The van der Waals surface area contributed by atoms with E-state index in [1.165, 1.54) is 0 Å². The summed E-state index contributed by atoms with van der Waals surface area (Å²) in [5.74, 6) is -0.141. The van der Waals surface area contributed by atoms with Crippen LogP contribution in [0.4, 0.5) is 4.79 Å². The van der Waals surface area contributed by atoms with Crippen LogP contribution < -0.4 is 16.0 Å².